The van der Waals surface area contributed by atoms with Crippen LogP contribution in [0, 0.1) is 0 Å². The lowest BCUT2D eigenvalue weighted by Crippen LogP contribution is -2.47. The first-order valence-corrected chi connectivity index (χ1v) is 11.6. The molecule has 2 N–H and O–H groups in total. The lowest BCUT2D eigenvalue weighted by atomic mass is 10.0. The van der Waals surface area contributed by atoms with Crippen LogP contribution in [0.4, 0.5) is 5.82 Å². The van der Waals surface area contributed by atoms with E-state index in [4.69, 9.17) is 10.5 Å². The molecule has 0 bridgehead atoms. The number of aromatic nitrogens is 4. The van der Waals surface area contributed by atoms with Crippen LogP contribution in [0.5, 0.6) is 0 Å². The summed E-state index contributed by atoms with van der Waals surface area (Å²) in [6.07, 6.45) is 8.18. The number of rotatable bonds is 9. The number of likely N-dealkylation sites (N-methyl/N-ethyl adjacent to an activating group) is 1. The van der Waals surface area contributed by atoms with Gasteiger partial charge in [0.05, 0.1) is 24.7 Å². The Hall–Kier alpha value is -3.53. The Morgan fingerprint density at radius 1 is 1.18 bits per heavy atom. The summed E-state index contributed by atoms with van der Waals surface area (Å²) < 4.78 is 7.55. The minimum absolute atomic E-state index is 0.0276. The molecule has 34 heavy (non-hydrogen) atoms. The van der Waals surface area contributed by atoms with Crippen LogP contribution in [-0.2, 0) is 22.5 Å². The molecule has 0 spiro atoms. The SMILES string of the molecule is CCc1cnc(N2CCC(N(C)C(=O)COCCn3ccc4ccc(C(N)=O)nc43)CC2)cn1. The number of primary amides is 1. The third-order valence-electron chi connectivity index (χ3n) is 6.35. The Balaban J connectivity index is 1.22. The summed E-state index contributed by atoms with van der Waals surface area (Å²) in [7, 11) is 1.84. The van der Waals surface area contributed by atoms with Gasteiger partial charge in [0, 0.05) is 44.3 Å². The van der Waals surface area contributed by atoms with E-state index in [0.29, 0.717) is 18.8 Å². The number of carbonyl (C=O) groups is 2. The van der Waals surface area contributed by atoms with E-state index in [9.17, 15) is 9.59 Å². The fraction of sp³-hybridized carbons (Fsp3) is 0.458. The summed E-state index contributed by atoms with van der Waals surface area (Å²) >= 11 is 0. The predicted octanol–water partition coefficient (Wildman–Crippen LogP) is 1.63. The summed E-state index contributed by atoms with van der Waals surface area (Å²) in [6, 6.07) is 5.53. The summed E-state index contributed by atoms with van der Waals surface area (Å²) in [5, 5.41) is 0.916. The molecule has 10 nitrogen and oxygen atoms in total. The van der Waals surface area contributed by atoms with Gasteiger partial charge in [-0.1, -0.05) is 6.92 Å². The molecule has 2 amide bonds. The molecule has 4 heterocycles. The molecule has 0 saturated carbocycles. The zero-order valence-electron chi connectivity index (χ0n) is 19.7. The molecule has 0 radical (unpaired) electrons. The highest BCUT2D eigenvalue weighted by Crippen LogP contribution is 2.20. The summed E-state index contributed by atoms with van der Waals surface area (Å²) in [5.41, 5.74) is 7.21. The van der Waals surface area contributed by atoms with Crippen molar-refractivity contribution in [1.29, 1.82) is 0 Å². The molecule has 0 atom stereocenters. The molecule has 0 aromatic carbocycles. The first-order chi connectivity index (χ1) is 16.5. The standard InChI is InChI=1S/C24H31N7O3/c1-3-18-14-27-21(15-26-18)30-10-7-19(8-11-30)29(2)22(32)16-34-13-12-31-9-6-17-4-5-20(23(25)33)28-24(17)31/h4-6,9,14-15,19H,3,7-8,10-13,16H2,1-2H3,(H2,25,33). The van der Waals surface area contributed by atoms with Gasteiger partial charge >= 0.3 is 0 Å². The van der Waals surface area contributed by atoms with Crippen LogP contribution in [0.1, 0.15) is 35.9 Å². The van der Waals surface area contributed by atoms with E-state index >= 15 is 0 Å². The number of aryl methyl sites for hydroxylation is 1. The smallest absolute Gasteiger partial charge is 0.267 e. The maximum Gasteiger partial charge on any atom is 0.267 e. The summed E-state index contributed by atoms with van der Waals surface area (Å²) in [4.78, 5) is 41.3. The number of hydrogen-bond acceptors (Lipinski definition) is 7. The van der Waals surface area contributed by atoms with Crippen molar-refractivity contribution in [3.63, 3.8) is 0 Å². The second-order valence-electron chi connectivity index (χ2n) is 8.48. The van der Waals surface area contributed by atoms with E-state index < -0.39 is 5.91 Å². The first kappa shape index (κ1) is 23.6. The molecule has 1 aliphatic rings. The highest BCUT2D eigenvalue weighted by Gasteiger charge is 2.26. The largest absolute Gasteiger partial charge is 0.370 e. The molecule has 4 rings (SSSR count). The van der Waals surface area contributed by atoms with E-state index in [1.54, 1.807) is 11.0 Å². The van der Waals surface area contributed by atoms with Gasteiger partial charge in [0.1, 0.15) is 23.8 Å². The molecule has 3 aromatic rings. The molecule has 1 aliphatic heterocycles. The van der Waals surface area contributed by atoms with Gasteiger partial charge < -0.3 is 24.8 Å². The zero-order chi connectivity index (χ0) is 24.1. The molecule has 180 valence electrons. The van der Waals surface area contributed by atoms with E-state index in [1.165, 1.54) is 0 Å². The number of hydrogen-bond donors (Lipinski definition) is 1. The number of nitrogens with zero attached hydrogens (tertiary/aromatic N) is 6. The second kappa shape index (κ2) is 10.6. The molecule has 10 heteroatoms. The fourth-order valence-electron chi connectivity index (χ4n) is 4.18. The molecule has 1 saturated heterocycles. The van der Waals surface area contributed by atoms with Crippen LogP contribution in [-0.4, -0.2) is 75.6 Å². The van der Waals surface area contributed by atoms with Gasteiger partial charge in [0.15, 0.2) is 0 Å². The molecule has 0 aliphatic carbocycles. The number of fused-ring (bicyclic) bond motifs is 1. The number of amides is 2. The maximum absolute atomic E-state index is 12.7. The fourth-order valence-corrected chi connectivity index (χ4v) is 4.18. The highest BCUT2D eigenvalue weighted by molar-refractivity contribution is 5.93. The van der Waals surface area contributed by atoms with Crippen LogP contribution in [0.25, 0.3) is 11.0 Å². The number of nitrogens with two attached hydrogens (primary N) is 1. The Kier molecular flexibility index (Phi) is 7.36. The van der Waals surface area contributed by atoms with Crippen molar-refractivity contribution in [2.24, 2.45) is 5.73 Å². The second-order valence-corrected chi connectivity index (χ2v) is 8.48. The van der Waals surface area contributed by atoms with Gasteiger partial charge in [-0.3, -0.25) is 14.6 Å². The van der Waals surface area contributed by atoms with Gasteiger partial charge in [0.25, 0.3) is 5.91 Å². The Morgan fingerprint density at radius 3 is 2.65 bits per heavy atom. The van der Waals surface area contributed by atoms with E-state index in [2.05, 4.69) is 26.8 Å². The number of carbonyl (C=O) groups excluding carboxylic acids is 2. The topological polar surface area (TPSA) is 119 Å². The number of piperidine rings is 1. The molecule has 0 unspecified atom stereocenters. The van der Waals surface area contributed by atoms with Crippen LogP contribution in [0.3, 0.4) is 0 Å². The van der Waals surface area contributed by atoms with E-state index in [-0.39, 0.29) is 24.2 Å². The monoisotopic (exact) mass is 465 g/mol. The molecular weight excluding hydrogens is 434 g/mol. The minimum atomic E-state index is -0.562. The summed E-state index contributed by atoms with van der Waals surface area (Å²) in [6.45, 7) is 4.64. The Bertz CT molecular complexity index is 1140. The van der Waals surface area contributed by atoms with Crippen LogP contribution in [0.2, 0.25) is 0 Å². The Morgan fingerprint density at radius 2 is 1.97 bits per heavy atom. The van der Waals surface area contributed by atoms with E-state index in [1.807, 2.05) is 42.3 Å². The van der Waals surface area contributed by atoms with E-state index in [0.717, 1.165) is 49.2 Å². The van der Waals surface area contributed by atoms with Crippen molar-refractivity contribution in [2.75, 3.05) is 38.3 Å². The lowest BCUT2D eigenvalue weighted by Gasteiger charge is -2.37. The maximum atomic E-state index is 12.7. The predicted molar refractivity (Wildman–Crippen MR) is 128 cm³/mol. The number of ether oxygens (including phenoxy) is 1. The van der Waals surface area contributed by atoms with Crippen molar-refractivity contribution in [3.05, 3.63) is 48.2 Å². The normalized spacial score (nSPS) is 14.5. The van der Waals surface area contributed by atoms with Crippen molar-refractivity contribution >= 4 is 28.7 Å². The third-order valence-corrected chi connectivity index (χ3v) is 6.35. The van der Waals surface area contributed by atoms with Gasteiger partial charge in [-0.15, -0.1) is 0 Å². The van der Waals surface area contributed by atoms with Crippen LogP contribution >= 0.6 is 0 Å². The average Bonchev–Trinajstić information content (AvgIpc) is 3.28. The highest BCUT2D eigenvalue weighted by atomic mass is 16.5. The van der Waals surface area contributed by atoms with Gasteiger partial charge in [-0.05, 0) is 37.5 Å². The minimum Gasteiger partial charge on any atom is -0.370 e. The molecular formula is C24H31N7O3. The average molecular weight is 466 g/mol. The Labute approximate surface area is 198 Å². The summed E-state index contributed by atoms with van der Waals surface area (Å²) in [5.74, 6) is 0.299. The van der Waals surface area contributed by atoms with Crippen molar-refractivity contribution < 1.29 is 14.3 Å². The van der Waals surface area contributed by atoms with Crippen molar-refractivity contribution in [3.8, 4) is 0 Å². The van der Waals surface area contributed by atoms with Gasteiger partial charge in [-0.2, -0.15) is 0 Å². The first-order valence-electron chi connectivity index (χ1n) is 11.6. The quantitative estimate of drug-likeness (QED) is 0.477. The third kappa shape index (κ3) is 5.33. The van der Waals surface area contributed by atoms with Crippen molar-refractivity contribution in [2.45, 2.75) is 38.8 Å². The van der Waals surface area contributed by atoms with Crippen LogP contribution in [0.15, 0.2) is 36.8 Å². The van der Waals surface area contributed by atoms with Gasteiger partial charge in [0.2, 0.25) is 5.91 Å². The number of anilines is 1. The lowest BCUT2D eigenvalue weighted by molar-refractivity contribution is -0.137. The number of pyridine rings is 1. The van der Waals surface area contributed by atoms with Crippen molar-refractivity contribution in [1.82, 2.24) is 24.4 Å². The van der Waals surface area contributed by atoms with Crippen LogP contribution < -0.4 is 10.6 Å². The van der Waals surface area contributed by atoms with Gasteiger partial charge in [-0.25, -0.2) is 9.97 Å². The zero-order valence-corrected chi connectivity index (χ0v) is 19.7. The molecule has 1 fully saturated rings. The molecule has 3 aromatic heterocycles.